The molecule has 2 aliphatic heterocycles. The molecule has 0 amide bonds. The molecule has 3 atom stereocenters. The van der Waals surface area contributed by atoms with E-state index >= 15 is 0 Å². The highest BCUT2D eigenvalue weighted by Gasteiger charge is 2.46. The predicted molar refractivity (Wildman–Crippen MR) is 103 cm³/mol. The minimum Gasteiger partial charge on any atom is -0.334 e. The lowest BCUT2D eigenvalue weighted by molar-refractivity contribution is 0.243. The molecule has 2 fully saturated rings. The van der Waals surface area contributed by atoms with Crippen LogP contribution in [-0.4, -0.2) is 32.6 Å². The van der Waals surface area contributed by atoms with Gasteiger partial charge in [0.2, 0.25) is 0 Å². The molecule has 0 aliphatic carbocycles. The molecule has 0 N–H and O–H groups in total. The lowest BCUT2D eigenvalue weighted by Crippen LogP contribution is -2.27. The minimum absolute atomic E-state index is 0.333. The van der Waals surface area contributed by atoms with Crippen molar-refractivity contribution in [3.05, 3.63) is 65.2 Å². The first-order chi connectivity index (χ1) is 13.2. The molecule has 138 valence electrons. The number of rotatable bonds is 3. The number of aromatic nitrogens is 3. The van der Waals surface area contributed by atoms with Gasteiger partial charge in [0.05, 0.1) is 0 Å². The Balaban J connectivity index is 1.46. The van der Waals surface area contributed by atoms with Crippen molar-refractivity contribution in [1.29, 1.82) is 0 Å². The average Bonchev–Trinajstić information content (AvgIpc) is 3.38. The maximum absolute atomic E-state index is 5.66. The van der Waals surface area contributed by atoms with Crippen LogP contribution in [0.4, 0.5) is 0 Å². The molecule has 0 bridgehead atoms. The van der Waals surface area contributed by atoms with Crippen molar-refractivity contribution < 1.29 is 4.52 Å². The second-order valence-electron chi connectivity index (χ2n) is 7.81. The van der Waals surface area contributed by atoms with E-state index in [1.54, 1.807) is 0 Å². The second kappa shape index (κ2) is 6.57. The van der Waals surface area contributed by atoms with Crippen LogP contribution in [0.3, 0.4) is 0 Å². The monoisotopic (exact) mass is 360 g/mol. The van der Waals surface area contributed by atoms with Crippen molar-refractivity contribution in [2.24, 2.45) is 0 Å². The van der Waals surface area contributed by atoms with Crippen LogP contribution in [0.1, 0.15) is 54.0 Å². The van der Waals surface area contributed by atoms with E-state index in [2.05, 4.69) is 45.4 Å². The van der Waals surface area contributed by atoms with Gasteiger partial charge in [-0.15, -0.1) is 0 Å². The molecule has 0 radical (unpaired) electrons. The molecule has 4 heterocycles. The van der Waals surface area contributed by atoms with Gasteiger partial charge in [-0.05, 0) is 57.4 Å². The van der Waals surface area contributed by atoms with Crippen LogP contribution < -0.4 is 0 Å². The van der Waals surface area contributed by atoms with E-state index in [0.717, 1.165) is 35.7 Å². The van der Waals surface area contributed by atoms with Crippen LogP contribution in [0.2, 0.25) is 0 Å². The maximum atomic E-state index is 5.66. The van der Waals surface area contributed by atoms with Crippen molar-refractivity contribution >= 4 is 0 Å². The van der Waals surface area contributed by atoms with E-state index in [4.69, 9.17) is 9.51 Å². The van der Waals surface area contributed by atoms with Gasteiger partial charge in [-0.25, -0.2) is 0 Å². The first kappa shape index (κ1) is 16.6. The number of hydrogen-bond donors (Lipinski definition) is 0. The van der Waals surface area contributed by atoms with E-state index in [0.29, 0.717) is 23.9 Å². The molecular weight excluding hydrogens is 336 g/mol. The Morgan fingerprint density at radius 1 is 1.04 bits per heavy atom. The van der Waals surface area contributed by atoms with Gasteiger partial charge in [-0.2, -0.15) is 4.98 Å². The van der Waals surface area contributed by atoms with Crippen molar-refractivity contribution in [3.63, 3.8) is 0 Å². The van der Waals surface area contributed by atoms with E-state index in [-0.39, 0.29) is 0 Å². The number of nitrogens with zero attached hydrogens (tertiary/aromatic N) is 4. The fourth-order valence-corrected chi connectivity index (χ4v) is 4.91. The summed E-state index contributed by atoms with van der Waals surface area (Å²) < 4.78 is 5.66. The van der Waals surface area contributed by atoms with Crippen LogP contribution in [0.25, 0.3) is 11.5 Å². The lowest BCUT2D eigenvalue weighted by Gasteiger charge is -2.24. The number of benzene rings is 1. The highest BCUT2D eigenvalue weighted by molar-refractivity contribution is 5.53. The topological polar surface area (TPSA) is 55.1 Å². The van der Waals surface area contributed by atoms with Crippen molar-refractivity contribution in [2.45, 2.75) is 51.1 Å². The summed E-state index contributed by atoms with van der Waals surface area (Å²) in [5, 5.41) is 4.39. The number of hydrogen-bond acceptors (Lipinski definition) is 5. The lowest BCUT2D eigenvalue weighted by atomic mass is 9.94. The zero-order chi connectivity index (χ0) is 18.4. The standard InChI is InChI=1S/C22H24N4O/c1-14-11-17(12-15(2)23-14)22-24-21(25-27-22)18-13-20(16-7-4-3-5-8-16)26-10-6-9-19(18)26/h3-5,7-8,11-12,18-20H,6,9-10,13H2,1-2H3/t18-,19+,20-/m1/s1. The van der Waals surface area contributed by atoms with Gasteiger partial charge in [0.25, 0.3) is 5.89 Å². The summed E-state index contributed by atoms with van der Waals surface area (Å²) in [6, 6.07) is 15.8. The molecule has 2 saturated heterocycles. The number of fused-ring (bicyclic) bond motifs is 1. The summed E-state index contributed by atoms with van der Waals surface area (Å²) in [6.07, 6.45) is 3.52. The van der Waals surface area contributed by atoms with Crippen molar-refractivity contribution in [1.82, 2.24) is 20.0 Å². The van der Waals surface area contributed by atoms with Gasteiger partial charge in [0.15, 0.2) is 5.82 Å². The Labute approximate surface area is 159 Å². The van der Waals surface area contributed by atoms with Crippen LogP contribution in [0.5, 0.6) is 0 Å². The molecular formula is C22H24N4O. The Morgan fingerprint density at radius 3 is 2.59 bits per heavy atom. The predicted octanol–water partition coefficient (Wildman–Crippen LogP) is 4.44. The number of aryl methyl sites for hydroxylation is 2. The second-order valence-corrected chi connectivity index (χ2v) is 7.81. The largest absolute Gasteiger partial charge is 0.334 e. The molecule has 5 heteroatoms. The van der Waals surface area contributed by atoms with Gasteiger partial charge in [-0.1, -0.05) is 35.5 Å². The quantitative estimate of drug-likeness (QED) is 0.691. The summed E-state index contributed by atoms with van der Waals surface area (Å²) in [5.41, 5.74) is 4.30. The van der Waals surface area contributed by atoms with E-state index < -0.39 is 0 Å². The van der Waals surface area contributed by atoms with Crippen LogP contribution in [0.15, 0.2) is 47.0 Å². The highest BCUT2D eigenvalue weighted by atomic mass is 16.5. The third kappa shape index (κ3) is 2.96. The summed E-state index contributed by atoms with van der Waals surface area (Å²) in [6.45, 7) is 5.14. The molecule has 3 aromatic rings. The Kier molecular flexibility index (Phi) is 4.05. The summed E-state index contributed by atoms with van der Waals surface area (Å²) in [7, 11) is 0. The van der Waals surface area contributed by atoms with Gasteiger partial charge in [0.1, 0.15) is 0 Å². The molecule has 0 saturated carbocycles. The van der Waals surface area contributed by atoms with Gasteiger partial charge < -0.3 is 4.52 Å². The van der Waals surface area contributed by atoms with Gasteiger partial charge >= 0.3 is 0 Å². The van der Waals surface area contributed by atoms with Gasteiger partial charge in [-0.3, -0.25) is 9.88 Å². The normalized spacial score (nSPS) is 25.0. The average molecular weight is 360 g/mol. The fraction of sp³-hybridized carbons (Fsp3) is 0.409. The number of pyridine rings is 1. The summed E-state index contributed by atoms with van der Waals surface area (Å²) >= 11 is 0. The fourth-order valence-electron chi connectivity index (χ4n) is 4.91. The first-order valence-electron chi connectivity index (χ1n) is 9.79. The van der Waals surface area contributed by atoms with E-state index in [1.807, 2.05) is 26.0 Å². The van der Waals surface area contributed by atoms with Crippen LogP contribution >= 0.6 is 0 Å². The molecule has 0 spiro atoms. The SMILES string of the molecule is Cc1cc(-c2nc([C@@H]3C[C@H](c4ccccc4)N4CCC[C@@H]34)no2)cc(C)n1. The van der Waals surface area contributed by atoms with E-state index in [9.17, 15) is 0 Å². The molecule has 2 aliphatic rings. The zero-order valence-electron chi connectivity index (χ0n) is 15.8. The third-order valence-electron chi connectivity index (χ3n) is 5.97. The van der Waals surface area contributed by atoms with Gasteiger partial charge in [0, 0.05) is 35.0 Å². The highest BCUT2D eigenvalue weighted by Crippen LogP contribution is 2.48. The molecule has 0 unspecified atom stereocenters. The minimum atomic E-state index is 0.333. The molecule has 1 aromatic carbocycles. The molecule has 27 heavy (non-hydrogen) atoms. The molecule has 5 nitrogen and oxygen atoms in total. The summed E-state index contributed by atoms with van der Waals surface area (Å²) in [5.74, 6) is 1.79. The smallest absolute Gasteiger partial charge is 0.258 e. The Hall–Kier alpha value is -2.53. The summed E-state index contributed by atoms with van der Waals surface area (Å²) in [4.78, 5) is 11.9. The van der Waals surface area contributed by atoms with Crippen LogP contribution in [-0.2, 0) is 0 Å². The van der Waals surface area contributed by atoms with Crippen molar-refractivity contribution in [3.8, 4) is 11.5 Å². The molecule has 2 aromatic heterocycles. The molecule has 5 rings (SSSR count). The third-order valence-corrected chi connectivity index (χ3v) is 5.97. The van der Waals surface area contributed by atoms with E-state index in [1.165, 1.54) is 18.4 Å². The maximum Gasteiger partial charge on any atom is 0.258 e. The Bertz CT molecular complexity index is 932. The van der Waals surface area contributed by atoms with Crippen molar-refractivity contribution in [2.75, 3.05) is 6.54 Å². The van der Waals surface area contributed by atoms with Crippen LogP contribution in [0, 0.1) is 13.8 Å². The first-order valence-corrected chi connectivity index (χ1v) is 9.79. The zero-order valence-corrected chi connectivity index (χ0v) is 15.8. The Morgan fingerprint density at radius 2 is 1.81 bits per heavy atom.